The number of carbonyl (C=O) groups is 1. The monoisotopic (exact) mass is 298 g/mol. The van der Waals surface area contributed by atoms with Crippen molar-refractivity contribution in [2.75, 3.05) is 0 Å². The van der Waals surface area contributed by atoms with Gasteiger partial charge in [0.2, 0.25) is 0 Å². The summed E-state index contributed by atoms with van der Waals surface area (Å²) in [5, 5.41) is 0. The molecule has 4 nitrogen and oxygen atoms in total. The molecule has 116 valence electrons. The van der Waals surface area contributed by atoms with E-state index in [1.54, 1.807) is 6.20 Å². The van der Waals surface area contributed by atoms with E-state index in [4.69, 9.17) is 4.42 Å². The van der Waals surface area contributed by atoms with Gasteiger partial charge < -0.3 is 9.32 Å². The van der Waals surface area contributed by atoms with Crippen molar-refractivity contribution in [1.82, 2.24) is 9.88 Å². The molecule has 0 bridgehead atoms. The molecule has 0 N–H and O–H groups in total. The van der Waals surface area contributed by atoms with Gasteiger partial charge in [0.1, 0.15) is 5.76 Å². The summed E-state index contributed by atoms with van der Waals surface area (Å²) < 4.78 is 5.76. The highest BCUT2D eigenvalue weighted by molar-refractivity contribution is 5.92. The maximum Gasteiger partial charge on any atom is 0.290 e. The minimum atomic E-state index is -0.0447. The molecule has 0 aliphatic heterocycles. The second-order valence-corrected chi connectivity index (χ2v) is 5.94. The molecule has 0 spiro atoms. The molecule has 2 aromatic heterocycles. The number of hydrogen-bond donors (Lipinski definition) is 0. The average Bonchev–Trinajstić information content (AvgIpc) is 3.29. The number of amides is 1. The molecule has 1 fully saturated rings. The average molecular weight is 298 g/mol. The quantitative estimate of drug-likeness (QED) is 0.840. The van der Waals surface area contributed by atoms with Gasteiger partial charge in [0.15, 0.2) is 5.76 Å². The summed E-state index contributed by atoms with van der Waals surface area (Å²) in [6.45, 7) is 6.06. The summed E-state index contributed by atoms with van der Waals surface area (Å²) in [7, 11) is 0. The van der Waals surface area contributed by atoms with E-state index in [-0.39, 0.29) is 11.9 Å². The second kappa shape index (κ2) is 5.95. The van der Waals surface area contributed by atoms with Crippen LogP contribution in [0.4, 0.5) is 0 Å². The SMILES string of the molecule is CCc1oc(C(=O)N(C2CC2)C(C)c2ccccn2)cc1C. The first kappa shape index (κ1) is 14.8. The summed E-state index contributed by atoms with van der Waals surface area (Å²) >= 11 is 0. The molecule has 4 heteroatoms. The topological polar surface area (TPSA) is 46.3 Å². The number of carbonyl (C=O) groups excluding carboxylic acids is 1. The van der Waals surface area contributed by atoms with Crippen LogP contribution in [0.5, 0.6) is 0 Å². The van der Waals surface area contributed by atoms with Gasteiger partial charge in [-0.1, -0.05) is 13.0 Å². The normalized spacial score (nSPS) is 15.6. The summed E-state index contributed by atoms with van der Waals surface area (Å²) in [4.78, 5) is 19.3. The molecule has 1 unspecified atom stereocenters. The third kappa shape index (κ3) is 2.78. The Morgan fingerprint density at radius 1 is 1.45 bits per heavy atom. The molecule has 3 rings (SSSR count). The van der Waals surface area contributed by atoms with Crippen LogP contribution in [0.3, 0.4) is 0 Å². The third-order valence-electron chi connectivity index (χ3n) is 4.26. The van der Waals surface area contributed by atoms with Crippen LogP contribution in [-0.4, -0.2) is 21.8 Å². The van der Waals surface area contributed by atoms with Crippen molar-refractivity contribution in [1.29, 1.82) is 0 Å². The Bertz CT molecular complexity index is 659. The van der Waals surface area contributed by atoms with Crippen LogP contribution in [0.2, 0.25) is 0 Å². The molecule has 0 saturated heterocycles. The Kier molecular flexibility index (Phi) is 4.01. The number of pyridine rings is 1. The molecular formula is C18H22N2O2. The van der Waals surface area contributed by atoms with Crippen molar-refractivity contribution in [2.45, 2.75) is 52.1 Å². The minimum absolute atomic E-state index is 0.0246. The maximum atomic E-state index is 12.9. The van der Waals surface area contributed by atoms with E-state index in [2.05, 4.69) is 4.98 Å². The van der Waals surface area contributed by atoms with Crippen LogP contribution in [0, 0.1) is 6.92 Å². The lowest BCUT2D eigenvalue weighted by Gasteiger charge is -2.28. The molecule has 1 atom stereocenters. The fourth-order valence-corrected chi connectivity index (χ4v) is 2.88. The Balaban J connectivity index is 1.89. The Morgan fingerprint density at radius 3 is 2.77 bits per heavy atom. The number of nitrogens with zero attached hydrogens (tertiary/aromatic N) is 2. The van der Waals surface area contributed by atoms with E-state index in [0.717, 1.165) is 36.3 Å². The zero-order valence-corrected chi connectivity index (χ0v) is 13.4. The zero-order chi connectivity index (χ0) is 15.7. The number of rotatable bonds is 5. The largest absolute Gasteiger partial charge is 0.456 e. The van der Waals surface area contributed by atoms with Gasteiger partial charge in [0, 0.05) is 18.7 Å². The van der Waals surface area contributed by atoms with Crippen molar-refractivity contribution in [3.05, 3.63) is 53.2 Å². The highest BCUT2D eigenvalue weighted by Crippen LogP contribution is 2.35. The molecule has 0 aromatic carbocycles. The van der Waals surface area contributed by atoms with Crippen LogP contribution in [-0.2, 0) is 6.42 Å². The first-order valence-corrected chi connectivity index (χ1v) is 7.94. The molecule has 22 heavy (non-hydrogen) atoms. The van der Waals surface area contributed by atoms with E-state index >= 15 is 0 Å². The molecule has 2 heterocycles. The summed E-state index contributed by atoms with van der Waals surface area (Å²) in [5.74, 6) is 1.32. The van der Waals surface area contributed by atoms with Crippen molar-refractivity contribution >= 4 is 5.91 Å². The zero-order valence-electron chi connectivity index (χ0n) is 13.4. The molecule has 1 aliphatic rings. The van der Waals surface area contributed by atoms with Crippen LogP contribution >= 0.6 is 0 Å². The van der Waals surface area contributed by atoms with E-state index in [9.17, 15) is 4.79 Å². The first-order valence-electron chi connectivity index (χ1n) is 7.94. The van der Waals surface area contributed by atoms with Crippen LogP contribution in [0.25, 0.3) is 0 Å². The van der Waals surface area contributed by atoms with Gasteiger partial charge in [0.05, 0.1) is 11.7 Å². The molecule has 1 saturated carbocycles. The van der Waals surface area contributed by atoms with Gasteiger partial charge in [-0.3, -0.25) is 9.78 Å². The van der Waals surface area contributed by atoms with Crippen LogP contribution in [0.1, 0.15) is 60.3 Å². The van der Waals surface area contributed by atoms with Gasteiger partial charge in [0.25, 0.3) is 5.91 Å². The molecular weight excluding hydrogens is 276 g/mol. The second-order valence-electron chi connectivity index (χ2n) is 5.94. The molecule has 2 aromatic rings. The van der Waals surface area contributed by atoms with E-state index in [0.29, 0.717) is 11.8 Å². The smallest absolute Gasteiger partial charge is 0.290 e. The Labute approximate surface area is 131 Å². The minimum Gasteiger partial charge on any atom is -0.456 e. The molecule has 1 aliphatic carbocycles. The number of furan rings is 1. The Morgan fingerprint density at radius 2 is 2.23 bits per heavy atom. The predicted molar refractivity (Wildman–Crippen MR) is 84.7 cm³/mol. The number of aromatic nitrogens is 1. The number of aryl methyl sites for hydroxylation is 2. The fraction of sp³-hybridized carbons (Fsp3) is 0.444. The van der Waals surface area contributed by atoms with E-state index < -0.39 is 0 Å². The van der Waals surface area contributed by atoms with Crippen molar-refractivity contribution in [3.63, 3.8) is 0 Å². The Hall–Kier alpha value is -2.10. The van der Waals surface area contributed by atoms with Gasteiger partial charge in [-0.25, -0.2) is 0 Å². The molecule has 0 radical (unpaired) electrons. The third-order valence-corrected chi connectivity index (χ3v) is 4.26. The van der Waals surface area contributed by atoms with Crippen molar-refractivity contribution in [3.8, 4) is 0 Å². The van der Waals surface area contributed by atoms with Crippen LogP contribution in [0.15, 0.2) is 34.9 Å². The standard InChI is InChI=1S/C18H22N2O2/c1-4-16-12(2)11-17(22-16)18(21)20(14-8-9-14)13(3)15-7-5-6-10-19-15/h5-7,10-11,13-14H,4,8-9H2,1-3H3. The predicted octanol–water partition coefficient (Wildman–Crippen LogP) is 3.91. The summed E-state index contributed by atoms with van der Waals surface area (Å²) in [6, 6.07) is 7.94. The van der Waals surface area contributed by atoms with Gasteiger partial charge in [-0.15, -0.1) is 0 Å². The van der Waals surface area contributed by atoms with E-state index in [1.807, 2.05) is 49.9 Å². The van der Waals surface area contributed by atoms with Gasteiger partial charge in [-0.2, -0.15) is 0 Å². The van der Waals surface area contributed by atoms with Crippen LogP contribution < -0.4 is 0 Å². The van der Waals surface area contributed by atoms with E-state index in [1.165, 1.54) is 0 Å². The lowest BCUT2D eigenvalue weighted by molar-refractivity contribution is 0.0635. The lowest BCUT2D eigenvalue weighted by atomic mass is 10.1. The fourth-order valence-electron chi connectivity index (χ4n) is 2.88. The maximum absolute atomic E-state index is 12.9. The van der Waals surface area contributed by atoms with Crippen molar-refractivity contribution < 1.29 is 9.21 Å². The number of hydrogen-bond acceptors (Lipinski definition) is 3. The summed E-state index contributed by atoms with van der Waals surface area (Å²) in [6.07, 6.45) is 4.69. The first-order chi connectivity index (χ1) is 10.6. The highest BCUT2D eigenvalue weighted by atomic mass is 16.4. The lowest BCUT2D eigenvalue weighted by Crippen LogP contribution is -2.35. The molecule has 1 amide bonds. The van der Waals surface area contributed by atoms with Gasteiger partial charge >= 0.3 is 0 Å². The van der Waals surface area contributed by atoms with Crippen molar-refractivity contribution in [2.24, 2.45) is 0 Å². The summed E-state index contributed by atoms with van der Waals surface area (Å²) in [5.41, 5.74) is 1.97. The highest BCUT2D eigenvalue weighted by Gasteiger charge is 2.38. The van der Waals surface area contributed by atoms with Gasteiger partial charge in [-0.05, 0) is 50.5 Å².